The molecule has 0 spiro atoms. The van der Waals surface area contributed by atoms with Gasteiger partial charge >= 0.3 is 0 Å². The lowest BCUT2D eigenvalue weighted by Crippen LogP contribution is -2.52. The van der Waals surface area contributed by atoms with Gasteiger partial charge in [0.25, 0.3) is 5.91 Å². The highest BCUT2D eigenvalue weighted by Gasteiger charge is 2.38. The van der Waals surface area contributed by atoms with Crippen LogP contribution in [-0.2, 0) is 4.79 Å². The van der Waals surface area contributed by atoms with Crippen LogP contribution in [0.1, 0.15) is 32.3 Å². The molecule has 1 amide bonds. The molecule has 2 rings (SSSR count). The molecule has 6 heteroatoms. The average Bonchev–Trinajstić information content (AvgIpc) is 2.74. The van der Waals surface area contributed by atoms with Crippen molar-refractivity contribution in [1.82, 2.24) is 5.32 Å². The summed E-state index contributed by atoms with van der Waals surface area (Å²) >= 11 is 5.97. The highest BCUT2D eigenvalue weighted by Crippen LogP contribution is 2.25. The minimum Gasteiger partial charge on any atom is -0.478 e. The van der Waals surface area contributed by atoms with E-state index >= 15 is 0 Å². The van der Waals surface area contributed by atoms with Gasteiger partial charge in [0.1, 0.15) is 5.75 Å². The summed E-state index contributed by atoms with van der Waals surface area (Å²) < 4.78 is 5.76. The van der Waals surface area contributed by atoms with Crippen molar-refractivity contribution >= 4 is 17.5 Å². The van der Waals surface area contributed by atoms with Crippen molar-refractivity contribution in [3.05, 3.63) is 28.8 Å². The molecule has 0 radical (unpaired) electrons. The molecule has 0 bridgehead atoms. The Morgan fingerprint density at radius 2 is 2.05 bits per heavy atom. The van der Waals surface area contributed by atoms with E-state index in [1.54, 1.807) is 32.0 Å². The second kappa shape index (κ2) is 6.44. The molecule has 1 aliphatic rings. The van der Waals surface area contributed by atoms with Crippen LogP contribution in [0.15, 0.2) is 18.2 Å². The van der Waals surface area contributed by atoms with E-state index in [-0.39, 0.29) is 5.91 Å². The topological polar surface area (TPSA) is 78.8 Å². The Balaban J connectivity index is 2.02. The lowest BCUT2D eigenvalue weighted by molar-refractivity contribution is -0.135. The molecular weight excluding hydrogens is 306 g/mol. The fourth-order valence-electron chi connectivity index (χ4n) is 2.48. The SMILES string of the molecule is Cc1cc(OC(C)(C)C(=O)N[C@@H]2CC[C@@H](O)[C@@H]2O)ccc1Cl. The van der Waals surface area contributed by atoms with Gasteiger partial charge in [0.2, 0.25) is 0 Å². The quantitative estimate of drug-likeness (QED) is 0.788. The molecule has 1 aromatic rings. The number of carbonyl (C=O) groups is 1. The number of benzene rings is 1. The summed E-state index contributed by atoms with van der Waals surface area (Å²) in [6, 6.07) is 4.75. The van der Waals surface area contributed by atoms with E-state index in [9.17, 15) is 15.0 Å². The van der Waals surface area contributed by atoms with Crippen LogP contribution in [0.4, 0.5) is 0 Å². The van der Waals surface area contributed by atoms with E-state index in [0.717, 1.165) is 5.56 Å². The number of ether oxygens (including phenoxy) is 1. The molecule has 122 valence electrons. The van der Waals surface area contributed by atoms with Crippen LogP contribution in [0.2, 0.25) is 5.02 Å². The number of aliphatic hydroxyl groups excluding tert-OH is 2. The van der Waals surface area contributed by atoms with Crippen molar-refractivity contribution in [1.29, 1.82) is 0 Å². The highest BCUT2D eigenvalue weighted by molar-refractivity contribution is 6.31. The largest absolute Gasteiger partial charge is 0.478 e. The predicted molar refractivity (Wildman–Crippen MR) is 84.1 cm³/mol. The number of rotatable bonds is 4. The number of amides is 1. The number of hydrogen-bond acceptors (Lipinski definition) is 4. The summed E-state index contributed by atoms with van der Waals surface area (Å²) in [5.74, 6) is 0.215. The first-order valence-corrected chi connectivity index (χ1v) is 7.71. The van der Waals surface area contributed by atoms with Gasteiger partial charge in [0, 0.05) is 5.02 Å². The van der Waals surface area contributed by atoms with Crippen LogP contribution in [0, 0.1) is 6.92 Å². The molecule has 5 nitrogen and oxygen atoms in total. The van der Waals surface area contributed by atoms with Gasteiger partial charge in [-0.1, -0.05) is 11.6 Å². The fourth-order valence-corrected chi connectivity index (χ4v) is 2.60. The molecule has 0 aromatic heterocycles. The summed E-state index contributed by atoms with van der Waals surface area (Å²) in [5.41, 5.74) is -0.238. The van der Waals surface area contributed by atoms with Crippen molar-refractivity contribution in [3.8, 4) is 5.75 Å². The van der Waals surface area contributed by atoms with Crippen LogP contribution >= 0.6 is 11.6 Å². The summed E-state index contributed by atoms with van der Waals surface area (Å²) in [5, 5.41) is 22.7. The van der Waals surface area contributed by atoms with Crippen LogP contribution in [-0.4, -0.2) is 40.0 Å². The molecule has 3 N–H and O–H groups in total. The number of nitrogens with one attached hydrogen (secondary N) is 1. The predicted octanol–water partition coefficient (Wildman–Crippen LogP) is 1.81. The van der Waals surface area contributed by atoms with E-state index in [1.165, 1.54) is 0 Å². The zero-order valence-electron chi connectivity index (χ0n) is 13.0. The zero-order chi connectivity index (χ0) is 16.5. The van der Waals surface area contributed by atoms with Gasteiger partial charge in [-0.25, -0.2) is 0 Å². The number of aliphatic hydroxyl groups is 2. The van der Waals surface area contributed by atoms with E-state index in [1.807, 2.05) is 6.92 Å². The number of aryl methyl sites for hydroxylation is 1. The molecule has 1 aliphatic carbocycles. The Bertz CT molecular complexity index is 561. The third-order valence-corrected chi connectivity index (χ3v) is 4.37. The van der Waals surface area contributed by atoms with Crippen molar-refractivity contribution in [3.63, 3.8) is 0 Å². The number of halogens is 1. The Kier molecular flexibility index (Phi) is 5.00. The third kappa shape index (κ3) is 3.72. The van der Waals surface area contributed by atoms with Gasteiger partial charge in [-0.2, -0.15) is 0 Å². The summed E-state index contributed by atoms with van der Waals surface area (Å²) in [6.07, 6.45) is -0.695. The van der Waals surface area contributed by atoms with E-state index in [2.05, 4.69) is 5.32 Å². The molecule has 1 fully saturated rings. The van der Waals surface area contributed by atoms with Crippen LogP contribution in [0.25, 0.3) is 0 Å². The smallest absolute Gasteiger partial charge is 0.263 e. The van der Waals surface area contributed by atoms with Gasteiger partial charge in [0.15, 0.2) is 5.60 Å². The molecule has 3 atom stereocenters. The van der Waals surface area contributed by atoms with E-state index < -0.39 is 23.9 Å². The molecular formula is C16H22ClNO4. The normalized spacial score (nSPS) is 25.1. The van der Waals surface area contributed by atoms with Crippen molar-refractivity contribution in [2.75, 3.05) is 0 Å². The van der Waals surface area contributed by atoms with Gasteiger partial charge < -0.3 is 20.3 Å². The van der Waals surface area contributed by atoms with E-state index in [4.69, 9.17) is 16.3 Å². The molecule has 0 saturated heterocycles. The molecule has 0 heterocycles. The van der Waals surface area contributed by atoms with Crippen LogP contribution in [0.3, 0.4) is 0 Å². The first-order valence-electron chi connectivity index (χ1n) is 7.33. The van der Waals surface area contributed by atoms with Crippen molar-refractivity contribution in [2.45, 2.75) is 57.5 Å². The third-order valence-electron chi connectivity index (χ3n) is 3.95. The molecule has 1 saturated carbocycles. The molecule has 22 heavy (non-hydrogen) atoms. The summed E-state index contributed by atoms with van der Waals surface area (Å²) in [4.78, 5) is 12.4. The minimum atomic E-state index is -1.10. The first kappa shape index (κ1) is 17.1. The van der Waals surface area contributed by atoms with Gasteiger partial charge in [-0.05, 0) is 57.4 Å². The van der Waals surface area contributed by atoms with Gasteiger partial charge in [-0.3, -0.25) is 4.79 Å². The lowest BCUT2D eigenvalue weighted by Gasteiger charge is -2.28. The maximum Gasteiger partial charge on any atom is 0.263 e. The fraction of sp³-hybridized carbons (Fsp3) is 0.562. The number of hydrogen-bond donors (Lipinski definition) is 3. The van der Waals surface area contributed by atoms with Gasteiger partial charge in [-0.15, -0.1) is 0 Å². The summed E-state index contributed by atoms with van der Waals surface area (Å²) in [7, 11) is 0. The maximum absolute atomic E-state index is 12.4. The van der Waals surface area contributed by atoms with Crippen LogP contribution < -0.4 is 10.1 Å². The Labute approximate surface area is 135 Å². The van der Waals surface area contributed by atoms with Crippen molar-refractivity contribution in [2.24, 2.45) is 0 Å². The van der Waals surface area contributed by atoms with Crippen LogP contribution in [0.5, 0.6) is 5.75 Å². The monoisotopic (exact) mass is 327 g/mol. The second-order valence-corrected chi connectivity index (χ2v) is 6.65. The number of carbonyl (C=O) groups excluding carboxylic acids is 1. The zero-order valence-corrected chi connectivity index (χ0v) is 13.7. The second-order valence-electron chi connectivity index (χ2n) is 6.24. The highest BCUT2D eigenvalue weighted by atomic mass is 35.5. The Morgan fingerprint density at radius 1 is 1.36 bits per heavy atom. The van der Waals surface area contributed by atoms with Crippen molar-refractivity contribution < 1.29 is 19.7 Å². The lowest BCUT2D eigenvalue weighted by atomic mass is 10.1. The minimum absolute atomic E-state index is 0.335. The molecule has 1 aromatic carbocycles. The standard InChI is InChI=1S/C16H22ClNO4/c1-9-8-10(4-5-11(9)17)22-16(2,3)15(21)18-12-6-7-13(19)14(12)20/h4-5,8,12-14,19-20H,6-7H2,1-3H3,(H,18,21)/t12-,13-,14-/m1/s1. The first-order chi connectivity index (χ1) is 10.2. The summed E-state index contributed by atoms with van der Waals surface area (Å²) in [6.45, 7) is 5.17. The molecule has 0 aliphatic heterocycles. The maximum atomic E-state index is 12.4. The average molecular weight is 328 g/mol. The van der Waals surface area contributed by atoms with Gasteiger partial charge in [0.05, 0.1) is 18.2 Å². The molecule has 0 unspecified atom stereocenters. The Hall–Kier alpha value is -1.30. The van der Waals surface area contributed by atoms with E-state index in [0.29, 0.717) is 23.6 Å². The Morgan fingerprint density at radius 3 is 2.59 bits per heavy atom.